The van der Waals surface area contributed by atoms with E-state index in [2.05, 4.69) is 11.9 Å². The Balaban J connectivity index is 1.93. The maximum Gasteiger partial charge on any atom is 0.114 e. The van der Waals surface area contributed by atoms with Gasteiger partial charge in [0.05, 0.1) is 10.8 Å². The van der Waals surface area contributed by atoms with E-state index in [1.807, 2.05) is 36.5 Å². The van der Waals surface area contributed by atoms with Crippen LogP contribution in [0.2, 0.25) is 0 Å². The Kier molecular flexibility index (Phi) is 3.45. The maximum absolute atomic E-state index is 5.61. The topological polar surface area (TPSA) is 26.0 Å². The zero-order valence-corrected chi connectivity index (χ0v) is 9.46. The average molecular weight is 219 g/mol. The Morgan fingerprint density at radius 1 is 1.20 bits per heavy atom. The van der Waals surface area contributed by atoms with Gasteiger partial charge in [-0.3, -0.25) is 0 Å². The largest absolute Gasteiger partial charge is 0.465 e. The Morgan fingerprint density at radius 2 is 2.07 bits per heavy atom. The van der Waals surface area contributed by atoms with Gasteiger partial charge in [0.2, 0.25) is 0 Å². The fourth-order valence-electron chi connectivity index (χ4n) is 1.27. The van der Waals surface area contributed by atoms with Crippen molar-refractivity contribution in [3.8, 4) is 0 Å². The Bertz CT molecular complexity index is 411. The van der Waals surface area contributed by atoms with Crippen molar-refractivity contribution in [2.45, 2.75) is 24.1 Å². The number of hydrogen-bond acceptors (Lipinski definition) is 3. The molecule has 0 aliphatic carbocycles. The van der Waals surface area contributed by atoms with Crippen LogP contribution in [0.5, 0.6) is 0 Å². The molecule has 0 amide bonds. The quantitative estimate of drug-likeness (QED) is 0.736. The summed E-state index contributed by atoms with van der Waals surface area (Å²) in [7, 11) is 0. The number of aromatic nitrogens is 1. The molecule has 78 valence electrons. The van der Waals surface area contributed by atoms with Gasteiger partial charge < -0.3 is 4.42 Å². The first-order valence-corrected chi connectivity index (χ1v) is 5.98. The molecule has 0 spiro atoms. The van der Waals surface area contributed by atoms with E-state index in [4.69, 9.17) is 4.42 Å². The third-order valence-electron chi connectivity index (χ3n) is 2.07. The van der Waals surface area contributed by atoms with Crippen molar-refractivity contribution in [1.82, 2.24) is 4.98 Å². The van der Waals surface area contributed by atoms with E-state index in [0.29, 0.717) is 0 Å². The van der Waals surface area contributed by atoms with E-state index < -0.39 is 0 Å². The first kappa shape index (κ1) is 10.3. The summed E-state index contributed by atoms with van der Waals surface area (Å²) in [6, 6.07) is 10.00. The maximum atomic E-state index is 5.61. The summed E-state index contributed by atoms with van der Waals surface area (Å²) in [4.78, 5) is 4.24. The van der Waals surface area contributed by atoms with Crippen LogP contribution < -0.4 is 0 Å². The van der Waals surface area contributed by atoms with Crippen LogP contribution in [0.15, 0.2) is 46.0 Å². The van der Waals surface area contributed by atoms with Crippen molar-refractivity contribution < 1.29 is 4.42 Å². The molecule has 0 unspecified atom stereocenters. The lowest BCUT2D eigenvalue weighted by molar-refractivity contribution is 0.485. The second kappa shape index (κ2) is 5.03. The smallest absolute Gasteiger partial charge is 0.114 e. The average Bonchev–Trinajstić information content (AvgIpc) is 2.76. The zero-order valence-electron chi connectivity index (χ0n) is 8.64. The fourth-order valence-corrected chi connectivity index (χ4v) is 2.02. The number of hydrogen-bond donors (Lipinski definition) is 0. The summed E-state index contributed by atoms with van der Waals surface area (Å²) in [5, 5.41) is 1.03. The zero-order chi connectivity index (χ0) is 10.5. The molecule has 3 heteroatoms. The molecule has 0 aromatic carbocycles. The van der Waals surface area contributed by atoms with E-state index in [0.717, 1.165) is 28.7 Å². The van der Waals surface area contributed by atoms with Gasteiger partial charge in [0, 0.05) is 12.6 Å². The van der Waals surface area contributed by atoms with Gasteiger partial charge in [-0.05, 0) is 24.3 Å². The van der Waals surface area contributed by atoms with Crippen LogP contribution >= 0.6 is 11.8 Å². The predicted molar refractivity (Wildman–Crippen MR) is 61.9 cm³/mol. The van der Waals surface area contributed by atoms with Gasteiger partial charge in [-0.15, -0.1) is 0 Å². The van der Waals surface area contributed by atoms with Gasteiger partial charge in [0.25, 0.3) is 0 Å². The molecule has 2 heterocycles. The molecule has 0 saturated heterocycles. The number of rotatable bonds is 4. The van der Waals surface area contributed by atoms with Gasteiger partial charge in [0.1, 0.15) is 11.5 Å². The second-order valence-electron chi connectivity index (χ2n) is 3.18. The molecule has 0 radical (unpaired) electrons. The lowest BCUT2D eigenvalue weighted by Crippen LogP contribution is -1.79. The highest BCUT2D eigenvalue weighted by atomic mass is 32.2. The first-order valence-electron chi connectivity index (χ1n) is 5.00. The molecule has 0 aliphatic heterocycles. The molecule has 2 aromatic rings. The number of furan rings is 1. The molecule has 15 heavy (non-hydrogen) atoms. The van der Waals surface area contributed by atoms with Gasteiger partial charge in [-0.25, -0.2) is 4.98 Å². The Morgan fingerprint density at radius 3 is 2.73 bits per heavy atom. The lowest BCUT2D eigenvalue weighted by Gasteiger charge is -1.97. The number of thioether (sulfide) groups is 1. The third kappa shape index (κ3) is 2.86. The highest BCUT2D eigenvalue weighted by Crippen LogP contribution is 2.21. The van der Waals surface area contributed by atoms with Crippen LogP contribution in [0, 0.1) is 0 Å². The molecular weight excluding hydrogens is 206 g/mol. The highest BCUT2D eigenvalue weighted by Gasteiger charge is 2.01. The number of pyridine rings is 1. The summed E-state index contributed by atoms with van der Waals surface area (Å²) < 4.78 is 5.61. The van der Waals surface area contributed by atoms with Crippen LogP contribution in [0.25, 0.3) is 0 Å². The molecule has 0 fully saturated rings. The van der Waals surface area contributed by atoms with Gasteiger partial charge in [-0.1, -0.05) is 24.8 Å². The van der Waals surface area contributed by atoms with Gasteiger partial charge >= 0.3 is 0 Å². The van der Waals surface area contributed by atoms with Crippen molar-refractivity contribution in [3.05, 3.63) is 48.0 Å². The normalized spacial score (nSPS) is 10.5. The van der Waals surface area contributed by atoms with E-state index in [9.17, 15) is 0 Å². The van der Waals surface area contributed by atoms with E-state index in [-0.39, 0.29) is 0 Å². The molecule has 0 saturated carbocycles. The molecular formula is C12H13NOS. The standard InChI is InChI=1S/C12H13NOS/c1-2-10-6-7-11(14-10)9-15-12-5-3-4-8-13-12/h3-8H,2,9H2,1H3. The first-order chi connectivity index (χ1) is 7.38. The third-order valence-corrected chi connectivity index (χ3v) is 3.03. The summed E-state index contributed by atoms with van der Waals surface area (Å²) in [5.74, 6) is 2.91. The van der Waals surface area contributed by atoms with Crippen molar-refractivity contribution in [1.29, 1.82) is 0 Å². The van der Waals surface area contributed by atoms with Crippen LogP contribution in [0.3, 0.4) is 0 Å². The minimum Gasteiger partial charge on any atom is -0.465 e. The Hall–Kier alpha value is -1.22. The second-order valence-corrected chi connectivity index (χ2v) is 4.17. The minimum atomic E-state index is 0.844. The summed E-state index contributed by atoms with van der Waals surface area (Å²) in [6.45, 7) is 2.09. The molecule has 0 aliphatic rings. The van der Waals surface area contributed by atoms with Crippen molar-refractivity contribution in [2.75, 3.05) is 0 Å². The number of nitrogens with zero attached hydrogens (tertiary/aromatic N) is 1. The molecule has 2 rings (SSSR count). The van der Waals surface area contributed by atoms with E-state index >= 15 is 0 Å². The summed E-state index contributed by atoms with van der Waals surface area (Å²) in [5.41, 5.74) is 0. The van der Waals surface area contributed by atoms with Crippen LogP contribution in [0.4, 0.5) is 0 Å². The summed E-state index contributed by atoms with van der Waals surface area (Å²) >= 11 is 1.69. The van der Waals surface area contributed by atoms with Gasteiger partial charge in [-0.2, -0.15) is 0 Å². The van der Waals surface area contributed by atoms with E-state index in [1.54, 1.807) is 11.8 Å². The number of aryl methyl sites for hydroxylation is 1. The van der Waals surface area contributed by atoms with Crippen LogP contribution in [-0.2, 0) is 12.2 Å². The fraction of sp³-hybridized carbons (Fsp3) is 0.250. The van der Waals surface area contributed by atoms with Crippen LogP contribution in [-0.4, -0.2) is 4.98 Å². The van der Waals surface area contributed by atoms with Crippen molar-refractivity contribution in [2.24, 2.45) is 0 Å². The molecule has 0 atom stereocenters. The molecule has 2 aromatic heterocycles. The van der Waals surface area contributed by atoms with E-state index in [1.165, 1.54) is 0 Å². The molecule has 0 N–H and O–H groups in total. The Labute approximate surface area is 93.7 Å². The highest BCUT2D eigenvalue weighted by molar-refractivity contribution is 7.98. The minimum absolute atomic E-state index is 0.844. The van der Waals surface area contributed by atoms with Crippen molar-refractivity contribution in [3.63, 3.8) is 0 Å². The lowest BCUT2D eigenvalue weighted by atomic mass is 10.4. The SMILES string of the molecule is CCc1ccc(CSc2ccccn2)o1. The summed E-state index contributed by atoms with van der Waals surface area (Å²) in [6.07, 6.45) is 2.76. The molecule has 2 nitrogen and oxygen atoms in total. The monoisotopic (exact) mass is 219 g/mol. The van der Waals surface area contributed by atoms with Crippen molar-refractivity contribution >= 4 is 11.8 Å². The van der Waals surface area contributed by atoms with Crippen LogP contribution in [0.1, 0.15) is 18.4 Å². The predicted octanol–water partition coefficient (Wildman–Crippen LogP) is 3.53. The molecule has 0 bridgehead atoms. The van der Waals surface area contributed by atoms with Gasteiger partial charge in [0.15, 0.2) is 0 Å².